The maximum absolute atomic E-state index is 14.5. The summed E-state index contributed by atoms with van der Waals surface area (Å²) in [5.41, 5.74) is 1.02. The van der Waals surface area contributed by atoms with Gasteiger partial charge in [-0.3, -0.25) is 0 Å². The Morgan fingerprint density at radius 1 is 1.12 bits per heavy atom. The molecule has 0 saturated heterocycles. The van der Waals surface area contributed by atoms with E-state index in [1.807, 2.05) is 0 Å². The summed E-state index contributed by atoms with van der Waals surface area (Å²) in [6.45, 7) is 1.80. The smallest absolute Gasteiger partial charge is 0.418 e. The predicted octanol–water partition coefficient (Wildman–Crippen LogP) is 3.90. The monoisotopic (exact) mass is 476 g/mol. The van der Waals surface area contributed by atoms with Gasteiger partial charge in [-0.2, -0.15) is 0 Å². The zero-order valence-corrected chi connectivity index (χ0v) is 18.9. The van der Waals surface area contributed by atoms with Crippen molar-refractivity contribution >= 4 is 32.8 Å². The van der Waals surface area contributed by atoms with Gasteiger partial charge in [-0.25, -0.2) is 32.5 Å². The number of halogens is 2. The van der Waals surface area contributed by atoms with Gasteiger partial charge < -0.3 is 14.8 Å². The Kier molecular flexibility index (Phi) is 7.44. The topological polar surface area (TPSA) is 102 Å². The first-order valence-electron chi connectivity index (χ1n) is 9.71. The molecule has 2 N–H and O–H groups in total. The van der Waals surface area contributed by atoms with Crippen molar-refractivity contribution in [2.75, 3.05) is 25.3 Å². The van der Waals surface area contributed by atoms with Crippen LogP contribution in [0.4, 0.5) is 25.2 Å². The standard InChI is InChI=1S/C22H22F2N4O4S/c1-4-32-22(29)28-33(3,30)13-14-7-8-25-20(9-14)27-21-11-17(18(24)12-26-21)16-6-5-15(23)10-19(16)31-2/h5-13H,4H2,1-3H3,(H,25,26,27)(H,28,29,30). The molecule has 1 atom stereocenters. The summed E-state index contributed by atoms with van der Waals surface area (Å²) >= 11 is 0. The van der Waals surface area contributed by atoms with E-state index in [2.05, 4.69) is 20.0 Å². The lowest BCUT2D eigenvalue weighted by molar-refractivity contribution is 0.159. The van der Waals surface area contributed by atoms with E-state index in [4.69, 9.17) is 9.47 Å². The number of methoxy groups -OCH3 is 1. The number of carbonyl (C=O) groups is 1. The number of nitrogens with zero attached hydrogens (tertiary/aromatic N) is 2. The molecule has 0 bridgehead atoms. The zero-order chi connectivity index (χ0) is 24.0. The minimum atomic E-state index is -2.87. The van der Waals surface area contributed by atoms with Crippen LogP contribution in [0.5, 0.6) is 5.75 Å². The third-order valence-electron chi connectivity index (χ3n) is 4.27. The van der Waals surface area contributed by atoms with Gasteiger partial charge in [0.15, 0.2) is 0 Å². The Balaban J connectivity index is 1.88. The van der Waals surface area contributed by atoms with Gasteiger partial charge >= 0.3 is 6.09 Å². The fraction of sp³-hybridized carbons (Fsp3) is 0.182. The van der Waals surface area contributed by atoms with Crippen LogP contribution in [-0.2, 0) is 14.4 Å². The van der Waals surface area contributed by atoms with E-state index in [1.165, 1.54) is 43.1 Å². The molecule has 2 heterocycles. The number of anilines is 2. The highest BCUT2D eigenvalue weighted by molar-refractivity contribution is 7.99. The number of hydrogen-bond donors (Lipinski definition) is 2. The van der Waals surface area contributed by atoms with Gasteiger partial charge in [0.2, 0.25) is 0 Å². The molecule has 1 unspecified atom stereocenters. The molecule has 0 radical (unpaired) electrons. The van der Waals surface area contributed by atoms with Gasteiger partial charge in [0, 0.05) is 35.0 Å². The molecule has 0 aliphatic heterocycles. The Labute approximate surface area is 190 Å². The third-order valence-corrected chi connectivity index (χ3v) is 5.57. The Hall–Kier alpha value is -3.73. The number of carbonyl (C=O) groups excluding carboxylic acids is 1. The normalized spacial score (nSPS) is 12.4. The molecule has 0 spiro atoms. The van der Waals surface area contributed by atoms with Crippen LogP contribution >= 0.6 is 0 Å². The molecule has 1 aromatic carbocycles. The van der Waals surface area contributed by atoms with Gasteiger partial charge in [0.05, 0.1) is 29.6 Å². The second kappa shape index (κ2) is 10.3. The molecule has 3 aromatic rings. The van der Waals surface area contributed by atoms with Crippen LogP contribution in [0.25, 0.3) is 11.1 Å². The quantitative estimate of drug-likeness (QED) is 0.499. The van der Waals surface area contributed by atoms with Crippen molar-refractivity contribution in [2.24, 2.45) is 0 Å². The van der Waals surface area contributed by atoms with E-state index < -0.39 is 27.4 Å². The highest BCUT2D eigenvalue weighted by atomic mass is 32.2. The van der Waals surface area contributed by atoms with Crippen LogP contribution in [0.3, 0.4) is 0 Å². The van der Waals surface area contributed by atoms with E-state index in [9.17, 15) is 17.8 Å². The first-order chi connectivity index (χ1) is 15.7. The maximum Gasteiger partial charge on any atom is 0.418 e. The molecule has 174 valence electrons. The van der Waals surface area contributed by atoms with Gasteiger partial charge in [0.25, 0.3) is 0 Å². The first kappa shape index (κ1) is 23.9. The molecule has 8 nitrogen and oxygen atoms in total. The van der Waals surface area contributed by atoms with Crippen molar-refractivity contribution in [3.05, 3.63) is 66.0 Å². The van der Waals surface area contributed by atoms with Crippen LogP contribution in [0, 0.1) is 11.6 Å². The van der Waals surface area contributed by atoms with Crippen molar-refractivity contribution in [1.29, 1.82) is 0 Å². The van der Waals surface area contributed by atoms with E-state index in [-0.39, 0.29) is 23.7 Å². The average Bonchev–Trinajstić information content (AvgIpc) is 2.75. The van der Waals surface area contributed by atoms with E-state index in [1.54, 1.807) is 19.1 Å². The number of benzene rings is 1. The van der Waals surface area contributed by atoms with Crippen molar-refractivity contribution in [2.45, 2.75) is 6.92 Å². The zero-order valence-electron chi connectivity index (χ0n) is 18.1. The minimum absolute atomic E-state index is 0.154. The SMILES string of the molecule is CCOC(=O)NS(C)(=O)=Cc1ccnc(Nc2cc(-c3ccc(F)cc3OC)c(F)cn2)c1. The second-order valence-corrected chi connectivity index (χ2v) is 9.09. The Bertz CT molecular complexity index is 1290. The molecule has 3 rings (SSSR count). The summed E-state index contributed by atoms with van der Waals surface area (Å²) in [7, 11) is -1.50. The van der Waals surface area contributed by atoms with Gasteiger partial charge in [0.1, 0.15) is 29.0 Å². The Morgan fingerprint density at radius 2 is 1.88 bits per heavy atom. The van der Waals surface area contributed by atoms with Gasteiger partial charge in [-0.05, 0) is 42.8 Å². The summed E-state index contributed by atoms with van der Waals surface area (Å²) in [5.74, 6) is -0.343. The maximum atomic E-state index is 14.5. The fourth-order valence-corrected chi connectivity index (χ4v) is 4.05. The molecule has 0 aliphatic rings. The molecular formula is C22H22F2N4O4S. The lowest BCUT2D eigenvalue weighted by atomic mass is 10.0. The van der Waals surface area contributed by atoms with Crippen molar-refractivity contribution < 1.29 is 27.3 Å². The number of pyridine rings is 2. The van der Waals surface area contributed by atoms with Crippen molar-refractivity contribution in [3.63, 3.8) is 0 Å². The van der Waals surface area contributed by atoms with Gasteiger partial charge in [-0.15, -0.1) is 0 Å². The predicted molar refractivity (Wildman–Crippen MR) is 123 cm³/mol. The first-order valence-corrected chi connectivity index (χ1v) is 11.7. The largest absolute Gasteiger partial charge is 0.496 e. The number of ether oxygens (including phenoxy) is 2. The van der Waals surface area contributed by atoms with E-state index in [0.717, 1.165) is 12.3 Å². The molecule has 33 heavy (non-hydrogen) atoms. The van der Waals surface area contributed by atoms with Crippen LogP contribution < -0.4 is 14.8 Å². The highest BCUT2D eigenvalue weighted by Gasteiger charge is 2.14. The molecule has 0 saturated carbocycles. The van der Waals surface area contributed by atoms with Crippen LogP contribution in [0.1, 0.15) is 12.5 Å². The van der Waals surface area contributed by atoms with Crippen molar-refractivity contribution in [3.8, 4) is 16.9 Å². The van der Waals surface area contributed by atoms with E-state index in [0.29, 0.717) is 16.9 Å². The number of hydrogen-bond acceptors (Lipinski definition) is 7. The molecular weight excluding hydrogens is 454 g/mol. The number of rotatable bonds is 7. The molecule has 2 aromatic heterocycles. The summed E-state index contributed by atoms with van der Waals surface area (Å²) in [6, 6.07) is 8.41. The van der Waals surface area contributed by atoms with Crippen LogP contribution in [-0.4, -0.2) is 45.6 Å². The molecule has 1 amide bonds. The highest BCUT2D eigenvalue weighted by Crippen LogP contribution is 2.33. The number of aromatic nitrogens is 2. The van der Waals surface area contributed by atoms with E-state index >= 15 is 0 Å². The number of nitrogens with one attached hydrogen (secondary N) is 2. The lowest BCUT2D eigenvalue weighted by Crippen LogP contribution is -2.31. The average molecular weight is 477 g/mol. The lowest BCUT2D eigenvalue weighted by Gasteiger charge is -2.12. The minimum Gasteiger partial charge on any atom is -0.496 e. The fourth-order valence-electron chi connectivity index (χ4n) is 2.94. The summed E-state index contributed by atoms with van der Waals surface area (Å²) in [6.07, 6.45) is 3.08. The number of amides is 1. The van der Waals surface area contributed by atoms with Crippen LogP contribution in [0.2, 0.25) is 0 Å². The second-order valence-electron chi connectivity index (χ2n) is 6.84. The molecule has 0 fully saturated rings. The molecule has 11 heteroatoms. The molecule has 0 aliphatic carbocycles. The van der Waals surface area contributed by atoms with Crippen molar-refractivity contribution in [1.82, 2.24) is 14.7 Å². The van der Waals surface area contributed by atoms with Crippen LogP contribution in [0.15, 0.2) is 48.8 Å². The Morgan fingerprint density at radius 3 is 2.61 bits per heavy atom. The summed E-state index contributed by atoms with van der Waals surface area (Å²) in [5, 5.41) is 4.33. The summed E-state index contributed by atoms with van der Waals surface area (Å²) in [4.78, 5) is 19.8. The third kappa shape index (κ3) is 6.39. The van der Waals surface area contributed by atoms with Gasteiger partial charge in [-0.1, -0.05) is 0 Å². The summed E-state index contributed by atoms with van der Waals surface area (Å²) < 4.78 is 52.9.